The summed E-state index contributed by atoms with van der Waals surface area (Å²) in [7, 11) is 1.91. The second-order valence-electron chi connectivity index (χ2n) is 3.66. The molecular formula is C9H18N4S. The van der Waals surface area contributed by atoms with Gasteiger partial charge in [-0.3, -0.25) is 0 Å². The molecule has 1 unspecified atom stereocenters. The van der Waals surface area contributed by atoms with E-state index in [1.807, 2.05) is 7.05 Å². The topological polar surface area (TPSA) is 42.7 Å². The molecule has 0 saturated carbocycles. The van der Waals surface area contributed by atoms with E-state index in [0.29, 0.717) is 11.3 Å². The van der Waals surface area contributed by atoms with Crippen LogP contribution in [0.1, 0.15) is 20.8 Å². The van der Waals surface area contributed by atoms with Gasteiger partial charge in [0.25, 0.3) is 0 Å². The van der Waals surface area contributed by atoms with Crippen LogP contribution in [0.4, 0.5) is 0 Å². The van der Waals surface area contributed by atoms with Gasteiger partial charge < -0.3 is 5.32 Å². The van der Waals surface area contributed by atoms with Crippen LogP contribution in [0.25, 0.3) is 0 Å². The summed E-state index contributed by atoms with van der Waals surface area (Å²) in [6, 6.07) is 0.539. The molecule has 0 fully saturated rings. The van der Waals surface area contributed by atoms with Gasteiger partial charge >= 0.3 is 0 Å². The average molecular weight is 214 g/mol. The molecule has 80 valence electrons. The molecule has 4 nitrogen and oxygen atoms in total. The number of thioether (sulfide) groups is 1. The minimum atomic E-state index is 0.514. The zero-order valence-corrected chi connectivity index (χ0v) is 10.0. The molecule has 14 heavy (non-hydrogen) atoms. The highest BCUT2D eigenvalue weighted by Gasteiger charge is 2.08. The smallest absolute Gasteiger partial charge is 0.186 e. The largest absolute Gasteiger partial charge is 0.313 e. The average Bonchev–Trinajstić information content (AvgIpc) is 2.49. The Bertz CT molecular complexity index is 272. The summed E-state index contributed by atoms with van der Waals surface area (Å²) in [5.41, 5.74) is 0. The summed E-state index contributed by atoms with van der Waals surface area (Å²) < 4.78 is 1.80. The Hall–Kier alpha value is -0.550. The minimum Gasteiger partial charge on any atom is -0.313 e. The van der Waals surface area contributed by atoms with Crippen molar-refractivity contribution in [2.75, 3.05) is 6.54 Å². The van der Waals surface area contributed by atoms with Crippen LogP contribution in [0.5, 0.6) is 0 Å². The van der Waals surface area contributed by atoms with E-state index in [9.17, 15) is 0 Å². The first-order valence-corrected chi connectivity index (χ1v) is 5.71. The molecule has 0 saturated heterocycles. The van der Waals surface area contributed by atoms with E-state index >= 15 is 0 Å². The lowest BCUT2D eigenvalue weighted by atomic mass is 10.3. The summed E-state index contributed by atoms with van der Waals surface area (Å²) in [6.45, 7) is 7.49. The highest BCUT2D eigenvalue weighted by Crippen LogP contribution is 2.18. The lowest BCUT2D eigenvalue weighted by Crippen LogP contribution is -2.29. The van der Waals surface area contributed by atoms with Gasteiger partial charge in [0.05, 0.1) is 0 Å². The third-order valence-corrected chi connectivity index (χ3v) is 2.94. The van der Waals surface area contributed by atoms with Crippen molar-refractivity contribution < 1.29 is 0 Å². The normalized spacial score (nSPS) is 13.5. The Kier molecular flexibility index (Phi) is 4.41. The molecule has 1 heterocycles. The Morgan fingerprint density at radius 1 is 1.50 bits per heavy atom. The summed E-state index contributed by atoms with van der Waals surface area (Å²) in [4.78, 5) is 4.17. The van der Waals surface area contributed by atoms with E-state index in [0.717, 1.165) is 11.7 Å². The minimum absolute atomic E-state index is 0.514. The van der Waals surface area contributed by atoms with Gasteiger partial charge in [-0.25, -0.2) is 9.67 Å². The molecule has 1 aromatic rings. The van der Waals surface area contributed by atoms with Crippen molar-refractivity contribution in [1.82, 2.24) is 20.1 Å². The number of aryl methyl sites for hydroxylation is 1. The fourth-order valence-electron chi connectivity index (χ4n) is 1.02. The van der Waals surface area contributed by atoms with Crippen molar-refractivity contribution in [2.45, 2.75) is 37.2 Å². The Morgan fingerprint density at radius 2 is 2.21 bits per heavy atom. The highest BCUT2D eigenvalue weighted by molar-refractivity contribution is 7.99. The molecule has 0 bridgehead atoms. The van der Waals surface area contributed by atoms with Crippen LogP contribution in [-0.4, -0.2) is 32.6 Å². The molecule has 0 aromatic carbocycles. The number of nitrogens with zero attached hydrogens (tertiary/aromatic N) is 3. The molecule has 1 atom stereocenters. The number of aromatic nitrogens is 3. The number of nitrogens with one attached hydrogen (secondary N) is 1. The van der Waals surface area contributed by atoms with Crippen molar-refractivity contribution in [3.8, 4) is 0 Å². The highest BCUT2D eigenvalue weighted by atomic mass is 32.2. The van der Waals surface area contributed by atoms with Crippen LogP contribution in [0, 0.1) is 0 Å². The van der Waals surface area contributed by atoms with Gasteiger partial charge in [0.15, 0.2) is 5.16 Å². The second kappa shape index (κ2) is 5.36. The standard InChI is InChI=1S/C9H18N4S/c1-7(2)10-5-8(3)14-9-11-6-12-13(9)4/h6-8,10H,5H2,1-4H3. The van der Waals surface area contributed by atoms with Crippen LogP contribution in [0.3, 0.4) is 0 Å². The summed E-state index contributed by atoms with van der Waals surface area (Å²) in [5, 5.41) is 8.92. The van der Waals surface area contributed by atoms with Gasteiger partial charge in [0.2, 0.25) is 0 Å². The lowest BCUT2D eigenvalue weighted by molar-refractivity contribution is 0.587. The molecule has 0 aliphatic carbocycles. The molecule has 5 heteroatoms. The molecule has 0 amide bonds. The predicted molar refractivity (Wildman–Crippen MR) is 59.5 cm³/mol. The van der Waals surface area contributed by atoms with Gasteiger partial charge in [0.1, 0.15) is 6.33 Å². The van der Waals surface area contributed by atoms with Gasteiger partial charge in [-0.1, -0.05) is 32.5 Å². The maximum Gasteiger partial charge on any atom is 0.186 e. The van der Waals surface area contributed by atoms with Crippen molar-refractivity contribution in [2.24, 2.45) is 7.05 Å². The van der Waals surface area contributed by atoms with Crippen LogP contribution < -0.4 is 5.32 Å². The molecular weight excluding hydrogens is 196 g/mol. The fourth-order valence-corrected chi connectivity index (χ4v) is 1.86. The third-order valence-electron chi connectivity index (χ3n) is 1.79. The number of hydrogen-bond acceptors (Lipinski definition) is 4. The first-order chi connectivity index (χ1) is 6.59. The van der Waals surface area contributed by atoms with Crippen molar-refractivity contribution in [1.29, 1.82) is 0 Å². The zero-order chi connectivity index (χ0) is 10.6. The molecule has 1 rings (SSSR count). The Morgan fingerprint density at radius 3 is 2.71 bits per heavy atom. The lowest BCUT2D eigenvalue weighted by Gasteiger charge is -2.13. The van der Waals surface area contributed by atoms with Gasteiger partial charge in [-0.2, -0.15) is 5.10 Å². The van der Waals surface area contributed by atoms with Gasteiger partial charge in [-0.15, -0.1) is 0 Å². The summed E-state index contributed by atoms with van der Waals surface area (Å²) in [5.74, 6) is 0. The van der Waals surface area contributed by atoms with Gasteiger partial charge in [-0.05, 0) is 0 Å². The molecule has 1 N–H and O–H groups in total. The number of hydrogen-bond donors (Lipinski definition) is 1. The van der Waals surface area contributed by atoms with Crippen LogP contribution in [0.15, 0.2) is 11.5 Å². The molecule has 1 aromatic heterocycles. The third kappa shape index (κ3) is 3.67. The first-order valence-electron chi connectivity index (χ1n) is 4.83. The van der Waals surface area contributed by atoms with E-state index in [1.54, 1.807) is 22.8 Å². The van der Waals surface area contributed by atoms with Crippen molar-refractivity contribution in [3.63, 3.8) is 0 Å². The fraction of sp³-hybridized carbons (Fsp3) is 0.778. The SMILES string of the molecule is CC(C)NCC(C)Sc1ncnn1C. The predicted octanol–water partition coefficient (Wildman–Crippen LogP) is 1.29. The maximum absolute atomic E-state index is 4.17. The molecule has 0 spiro atoms. The summed E-state index contributed by atoms with van der Waals surface area (Å²) in [6.07, 6.45) is 1.59. The van der Waals surface area contributed by atoms with Crippen LogP contribution in [-0.2, 0) is 7.05 Å². The monoisotopic (exact) mass is 214 g/mol. The number of rotatable bonds is 5. The maximum atomic E-state index is 4.17. The van der Waals surface area contributed by atoms with E-state index in [-0.39, 0.29) is 0 Å². The molecule has 0 aliphatic heterocycles. The second-order valence-corrected chi connectivity index (χ2v) is 5.06. The Balaban J connectivity index is 2.34. The van der Waals surface area contributed by atoms with Gasteiger partial charge in [0, 0.05) is 24.9 Å². The summed E-state index contributed by atoms with van der Waals surface area (Å²) >= 11 is 1.75. The zero-order valence-electron chi connectivity index (χ0n) is 9.19. The van der Waals surface area contributed by atoms with E-state index in [1.165, 1.54) is 0 Å². The first kappa shape index (κ1) is 11.5. The molecule has 0 aliphatic rings. The van der Waals surface area contributed by atoms with E-state index < -0.39 is 0 Å². The molecule has 0 radical (unpaired) electrons. The Labute approximate surface area is 89.5 Å². The quantitative estimate of drug-likeness (QED) is 0.750. The van der Waals surface area contributed by atoms with Crippen molar-refractivity contribution in [3.05, 3.63) is 6.33 Å². The van der Waals surface area contributed by atoms with E-state index in [4.69, 9.17) is 0 Å². The van der Waals surface area contributed by atoms with Crippen LogP contribution >= 0.6 is 11.8 Å². The van der Waals surface area contributed by atoms with Crippen LogP contribution in [0.2, 0.25) is 0 Å². The van der Waals surface area contributed by atoms with E-state index in [2.05, 4.69) is 36.2 Å². The van der Waals surface area contributed by atoms with Crippen molar-refractivity contribution >= 4 is 11.8 Å².